The second-order valence-electron chi connectivity index (χ2n) is 6.49. The van der Waals surface area contributed by atoms with Gasteiger partial charge in [-0.2, -0.15) is 0 Å². The second kappa shape index (κ2) is 7.11. The number of rotatable bonds is 4. The van der Waals surface area contributed by atoms with Gasteiger partial charge in [0.15, 0.2) is 6.61 Å². The van der Waals surface area contributed by atoms with Gasteiger partial charge in [-0.25, -0.2) is 4.79 Å². The molecule has 0 saturated heterocycles. The summed E-state index contributed by atoms with van der Waals surface area (Å²) < 4.78 is 10.1. The van der Waals surface area contributed by atoms with Crippen molar-refractivity contribution in [1.82, 2.24) is 0 Å². The van der Waals surface area contributed by atoms with Crippen LogP contribution in [0.3, 0.4) is 0 Å². The van der Waals surface area contributed by atoms with Crippen LogP contribution in [0.5, 0.6) is 5.75 Å². The standard InChI is InChI=1S/C22H19NO4/c1-26-21(25)13-27-16-7-4-6-15(11-16)19-12-20(24)23-22-17-8-3-2-5-14(17)9-10-18(19)22/h2-11,19H,12-13H2,1H3,(H,23,24)/t19-/m0/s1. The molecule has 1 aliphatic heterocycles. The molecule has 0 bridgehead atoms. The molecule has 3 aromatic rings. The van der Waals surface area contributed by atoms with Crippen LogP contribution in [0.2, 0.25) is 0 Å². The predicted molar refractivity (Wildman–Crippen MR) is 103 cm³/mol. The Hall–Kier alpha value is -3.34. The molecular weight excluding hydrogens is 342 g/mol. The van der Waals surface area contributed by atoms with Crippen molar-refractivity contribution in [2.75, 3.05) is 19.0 Å². The number of carbonyl (C=O) groups excluding carboxylic acids is 2. The molecule has 5 nitrogen and oxygen atoms in total. The normalized spacial score (nSPS) is 15.7. The number of hydrogen-bond donors (Lipinski definition) is 1. The van der Waals surface area contributed by atoms with Crippen LogP contribution in [-0.4, -0.2) is 25.6 Å². The number of hydrogen-bond acceptors (Lipinski definition) is 4. The van der Waals surface area contributed by atoms with Crippen molar-refractivity contribution in [1.29, 1.82) is 0 Å². The van der Waals surface area contributed by atoms with Gasteiger partial charge in [-0.05, 0) is 28.6 Å². The van der Waals surface area contributed by atoms with Crippen molar-refractivity contribution in [3.05, 3.63) is 71.8 Å². The summed E-state index contributed by atoms with van der Waals surface area (Å²) in [7, 11) is 1.32. The van der Waals surface area contributed by atoms with E-state index in [-0.39, 0.29) is 18.4 Å². The molecule has 27 heavy (non-hydrogen) atoms. The van der Waals surface area contributed by atoms with Gasteiger partial charge >= 0.3 is 5.97 Å². The van der Waals surface area contributed by atoms with E-state index >= 15 is 0 Å². The van der Waals surface area contributed by atoms with E-state index in [4.69, 9.17) is 4.74 Å². The summed E-state index contributed by atoms with van der Waals surface area (Å²) in [5, 5.41) is 5.16. The fraction of sp³-hybridized carbons (Fsp3) is 0.182. The maximum Gasteiger partial charge on any atom is 0.343 e. The van der Waals surface area contributed by atoms with Gasteiger partial charge in [-0.1, -0.05) is 48.5 Å². The summed E-state index contributed by atoms with van der Waals surface area (Å²) >= 11 is 0. The Morgan fingerprint density at radius 3 is 2.81 bits per heavy atom. The Morgan fingerprint density at radius 1 is 1.11 bits per heavy atom. The smallest absolute Gasteiger partial charge is 0.343 e. The molecular formula is C22H19NO4. The molecule has 0 saturated carbocycles. The topological polar surface area (TPSA) is 64.6 Å². The quantitative estimate of drug-likeness (QED) is 0.717. The van der Waals surface area contributed by atoms with Crippen LogP contribution in [0.15, 0.2) is 60.7 Å². The minimum atomic E-state index is -0.436. The monoisotopic (exact) mass is 361 g/mol. The molecule has 1 atom stereocenters. The SMILES string of the molecule is COC(=O)COc1cccc([C@@H]2CC(=O)Nc3c2ccc2ccccc32)c1. The van der Waals surface area contributed by atoms with E-state index in [1.807, 2.05) is 42.5 Å². The first kappa shape index (κ1) is 17.1. The molecule has 0 fully saturated rings. The number of anilines is 1. The Balaban J connectivity index is 1.72. The molecule has 1 aliphatic rings. The van der Waals surface area contributed by atoms with Crippen molar-refractivity contribution < 1.29 is 19.1 Å². The van der Waals surface area contributed by atoms with Crippen molar-refractivity contribution in [3.63, 3.8) is 0 Å². The number of ether oxygens (including phenoxy) is 2. The fourth-order valence-corrected chi connectivity index (χ4v) is 3.52. The van der Waals surface area contributed by atoms with E-state index in [9.17, 15) is 9.59 Å². The van der Waals surface area contributed by atoms with Gasteiger partial charge in [-0.15, -0.1) is 0 Å². The van der Waals surface area contributed by atoms with Gasteiger partial charge < -0.3 is 14.8 Å². The van der Waals surface area contributed by atoms with E-state index < -0.39 is 5.97 Å². The van der Waals surface area contributed by atoms with Crippen LogP contribution in [0.4, 0.5) is 5.69 Å². The summed E-state index contributed by atoms with van der Waals surface area (Å²) in [6, 6.07) is 19.7. The van der Waals surface area contributed by atoms with E-state index in [0.29, 0.717) is 12.2 Å². The number of benzene rings is 3. The molecule has 136 valence electrons. The Kier molecular flexibility index (Phi) is 4.50. The molecule has 3 aromatic carbocycles. The summed E-state index contributed by atoms with van der Waals surface area (Å²) in [5.41, 5.74) is 2.93. The van der Waals surface area contributed by atoms with E-state index in [0.717, 1.165) is 27.6 Å². The average Bonchev–Trinajstić information content (AvgIpc) is 2.71. The van der Waals surface area contributed by atoms with Gasteiger partial charge in [0, 0.05) is 17.7 Å². The van der Waals surface area contributed by atoms with Gasteiger partial charge in [0.1, 0.15) is 5.75 Å². The zero-order valence-corrected chi connectivity index (χ0v) is 14.9. The van der Waals surface area contributed by atoms with Crippen molar-refractivity contribution in [2.24, 2.45) is 0 Å². The van der Waals surface area contributed by atoms with Crippen LogP contribution in [-0.2, 0) is 14.3 Å². The molecule has 4 rings (SSSR count). The van der Waals surface area contributed by atoms with Crippen molar-refractivity contribution in [2.45, 2.75) is 12.3 Å². The van der Waals surface area contributed by atoms with E-state index in [2.05, 4.69) is 22.2 Å². The highest BCUT2D eigenvalue weighted by Gasteiger charge is 2.28. The molecule has 1 N–H and O–H groups in total. The fourth-order valence-electron chi connectivity index (χ4n) is 3.52. The molecule has 1 amide bonds. The molecule has 0 radical (unpaired) electrons. The van der Waals surface area contributed by atoms with Gasteiger partial charge in [0.05, 0.1) is 12.8 Å². The molecule has 5 heteroatoms. The van der Waals surface area contributed by atoms with Crippen molar-refractivity contribution in [3.8, 4) is 5.75 Å². The molecule has 0 aromatic heterocycles. The number of carbonyl (C=O) groups is 2. The maximum absolute atomic E-state index is 12.4. The first-order valence-electron chi connectivity index (χ1n) is 8.77. The van der Waals surface area contributed by atoms with Crippen LogP contribution in [0.25, 0.3) is 10.8 Å². The second-order valence-corrected chi connectivity index (χ2v) is 6.49. The highest BCUT2D eigenvalue weighted by atomic mass is 16.6. The molecule has 0 unspecified atom stereocenters. The Labute approximate surface area is 156 Å². The van der Waals surface area contributed by atoms with Crippen LogP contribution in [0, 0.1) is 0 Å². The number of nitrogens with one attached hydrogen (secondary N) is 1. The highest BCUT2D eigenvalue weighted by molar-refractivity contribution is 6.06. The first-order valence-corrected chi connectivity index (χ1v) is 8.77. The maximum atomic E-state index is 12.4. The summed E-state index contributed by atoms with van der Waals surface area (Å²) in [6.07, 6.45) is 0.367. The molecule has 0 aliphatic carbocycles. The largest absolute Gasteiger partial charge is 0.482 e. The number of fused-ring (bicyclic) bond motifs is 3. The van der Waals surface area contributed by atoms with Gasteiger partial charge in [-0.3, -0.25) is 4.79 Å². The van der Waals surface area contributed by atoms with Crippen LogP contribution >= 0.6 is 0 Å². The third kappa shape index (κ3) is 3.36. The molecule has 1 heterocycles. The van der Waals surface area contributed by atoms with E-state index in [1.54, 1.807) is 6.07 Å². The molecule has 0 spiro atoms. The number of methoxy groups -OCH3 is 1. The Bertz CT molecular complexity index is 1030. The minimum Gasteiger partial charge on any atom is -0.482 e. The lowest BCUT2D eigenvalue weighted by atomic mass is 9.83. The summed E-state index contributed by atoms with van der Waals surface area (Å²) in [5.74, 6) is 0.0604. The number of amides is 1. The summed E-state index contributed by atoms with van der Waals surface area (Å²) in [6.45, 7) is -0.146. The predicted octanol–water partition coefficient (Wildman–Crippen LogP) is 3.87. The Morgan fingerprint density at radius 2 is 1.96 bits per heavy atom. The van der Waals surface area contributed by atoms with Crippen LogP contribution in [0.1, 0.15) is 23.5 Å². The van der Waals surface area contributed by atoms with Gasteiger partial charge in [0.25, 0.3) is 0 Å². The zero-order chi connectivity index (χ0) is 18.8. The van der Waals surface area contributed by atoms with E-state index in [1.165, 1.54) is 7.11 Å². The highest BCUT2D eigenvalue weighted by Crippen LogP contribution is 2.41. The van der Waals surface area contributed by atoms with Gasteiger partial charge in [0.2, 0.25) is 5.91 Å². The van der Waals surface area contributed by atoms with Crippen molar-refractivity contribution >= 4 is 28.3 Å². The lowest BCUT2D eigenvalue weighted by Gasteiger charge is -2.27. The minimum absolute atomic E-state index is 0.00950. The average molecular weight is 361 g/mol. The number of esters is 1. The zero-order valence-electron chi connectivity index (χ0n) is 14.9. The lowest BCUT2D eigenvalue weighted by molar-refractivity contribution is -0.142. The first-order chi connectivity index (χ1) is 13.2. The van der Waals surface area contributed by atoms with Crippen LogP contribution < -0.4 is 10.1 Å². The lowest BCUT2D eigenvalue weighted by Crippen LogP contribution is -2.23. The third-order valence-electron chi connectivity index (χ3n) is 4.84. The summed E-state index contributed by atoms with van der Waals surface area (Å²) in [4.78, 5) is 23.7. The third-order valence-corrected chi connectivity index (χ3v) is 4.84.